The molecule has 2 nitrogen and oxygen atoms in total. The van der Waals surface area contributed by atoms with Gasteiger partial charge >= 0.3 is 0 Å². The Balaban J connectivity index is 1.11. The Bertz CT molecular complexity index is 3210. The topological polar surface area (TPSA) is 9.86 Å². The molecule has 0 amide bonds. The fourth-order valence-corrected chi connectivity index (χ4v) is 10.8. The van der Waals surface area contributed by atoms with Crippen LogP contribution in [0.3, 0.4) is 0 Å². The summed E-state index contributed by atoms with van der Waals surface area (Å²) in [6, 6.07) is 63.2. The van der Waals surface area contributed by atoms with Crippen LogP contribution in [-0.4, -0.2) is 9.13 Å². The lowest BCUT2D eigenvalue weighted by atomic mass is 9.78. The largest absolute Gasteiger partial charge is 0.295 e. The number of rotatable bonds is 3. The van der Waals surface area contributed by atoms with Crippen molar-refractivity contribution in [3.8, 4) is 44.8 Å². The second-order valence-corrected chi connectivity index (χ2v) is 16.4. The Hall–Kier alpha value is -6.29. The SMILES string of the molecule is CC1(C)c2ccccc2-c2cc(-c3ccc4c(c3)Sc3cccc5c6c7ccccc7n(-c7ccc8ccccc8c7)c6n-4c35)cc(-c3ccccc3)c21. The van der Waals surface area contributed by atoms with Gasteiger partial charge in [0.25, 0.3) is 0 Å². The van der Waals surface area contributed by atoms with Crippen molar-refractivity contribution >= 4 is 55.4 Å². The van der Waals surface area contributed by atoms with E-state index in [1.165, 1.54) is 109 Å². The number of para-hydroxylation sites is 2. The molecule has 0 unspecified atom stereocenters. The number of benzene rings is 8. The van der Waals surface area contributed by atoms with Crippen molar-refractivity contribution < 1.29 is 0 Å². The van der Waals surface area contributed by atoms with Gasteiger partial charge in [0.2, 0.25) is 0 Å². The summed E-state index contributed by atoms with van der Waals surface area (Å²) in [5.41, 5.74) is 16.6. The summed E-state index contributed by atoms with van der Waals surface area (Å²) >= 11 is 1.90. The molecule has 8 aromatic carbocycles. The van der Waals surface area contributed by atoms with Crippen LogP contribution in [0.15, 0.2) is 180 Å². The molecule has 0 fully saturated rings. The molecule has 3 heteroatoms. The fraction of sp³-hybridized carbons (Fsp3) is 0.0588. The van der Waals surface area contributed by atoms with Crippen LogP contribution in [0.25, 0.3) is 88.4 Å². The quantitative estimate of drug-likeness (QED) is 0.178. The monoisotopic (exact) mass is 706 g/mol. The van der Waals surface area contributed by atoms with E-state index in [0.29, 0.717) is 0 Å². The highest BCUT2D eigenvalue weighted by Crippen LogP contribution is 2.54. The van der Waals surface area contributed by atoms with Gasteiger partial charge in [0, 0.05) is 37.1 Å². The second kappa shape index (κ2) is 10.9. The average molecular weight is 707 g/mol. The molecular formula is C51H34N2S. The fourth-order valence-electron chi connectivity index (χ4n) is 9.67. The molecule has 12 rings (SSSR count). The van der Waals surface area contributed by atoms with Crippen LogP contribution in [0.2, 0.25) is 0 Å². The van der Waals surface area contributed by atoms with Crippen LogP contribution in [0.5, 0.6) is 0 Å². The average Bonchev–Trinajstić information content (AvgIpc) is 3.82. The number of aromatic nitrogens is 2. The molecule has 1 aliphatic carbocycles. The van der Waals surface area contributed by atoms with Crippen LogP contribution < -0.4 is 0 Å². The third-order valence-corrected chi connectivity index (χ3v) is 13.1. The molecule has 0 spiro atoms. The predicted molar refractivity (Wildman–Crippen MR) is 228 cm³/mol. The Kier molecular flexibility index (Phi) is 6.08. The molecule has 3 heterocycles. The van der Waals surface area contributed by atoms with Crippen molar-refractivity contribution in [3.05, 3.63) is 181 Å². The lowest BCUT2D eigenvalue weighted by Gasteiger charge is -2.25. The maximum atomic E-state index is 2.54. The first-order valence-corrected chi connectivity index (χ1v) is 19.6. The Labute approximate surface area is 317 Å². The van der Waals surface area contributed by atoms with E-state index in [4.69, 9.17) is 0 Å². The molecule has 54 heavy (non-hydrogen) atoms. The summed E-state index contributed by atoms with van der Waals surface area (Å²) in [5.74, 6) is 0. The van der Waals surface area contributed by atoms with Crippen LogP contribution >= 0.6 is 11.8 Å². The molecule has 2 aromatic heterocycles. The number of hydrogen-bond donors (Lipinski definition) is 0. The van der Waals surface area contributed by atoms with E-state index >= 15 is 0 Å². The third-order valence-electron chi connectivity index (χ3n) is 12.0. The molecule has 0 bridgehead atoms. The maximum absolute atomic E-state index is 2.54. The van der Waals surface area contributed by atoms with E-state index in [0.717, 1.165) is 0 Å². The minimum absolute atomic E-state index is 0.0975. The van der Waals surface area contributed by atoms with Crippen LogP contribution in [-0.2, 0) is 5.41 Å². The van der Waals surface area contributed by atoms with Crippen molar-refractivity contribution in [2.24, 2.45) is 0 Å². The zero-order valence-corrected chi connectivity index (χ0v) is 30.8. The van der Waals surface area contributed by atoms with Crippen molar-refractivity contribution in [3.63, 3.8) is 0 Å². The van der Waals surface area contributed by atoms with E-state index in [2.05, 4.69) is 193 Å². The highest BCUT2D eigenvalue weighted by molar-refractivity contribution is 7.99. The van der Waals surface area contributed by atoms with E-state index < -0.39 is 0 Å². The zero-order valence-electron chi connectivity index (χ0n) is 30.0. The van der Waals surface area contributed by atoms with Gasteiger partial charge in [-0.3, -0.25) is 9.13 Å². The summed E-state index contributed by atoms with van der Waals surface area (Å²) < 4.78 is 5.03. The van der Waals surface area contributed by atoms with Crippen LogP contribution in [0, 0.1) is 0 Å². The van der Waals surface area contributed by atoms with Gasteiger partial charge in [-0.2, -0.15) is 0 Å². The van der Waals surface area contributed by atoms with Crippen molar-refractivity contribution in [2.75, 3.05) is 0 Å². The molecule has 2 aliphatic rings. The van der Waals surface area contributed by atoms with Gasteiger partial charge in [-0.05, 0) is 104 Å². The standard InChI is InChI=1S/C51H34N2S/c1-51(2)42-20-10-8-17-37(42)41-29-35(28-40(48(41)51)32-14-4-3-5-15-32)34-24-26-44-46(30-34)54-45-22-12-19-39-47-38-18-9-11-21-43(38)52(50(47)53(44)49(39)45)36-25-23-31-13-6-7-16-33(31)27-36/h3-30H,1-2H3. The Morgan fingerprint density at radius 3 is 2.15 bits per heavy atom. The first kappa shape index (κ1) is 30.2. The number of fused-ring (bicyclic) bond motifs is 11. The molecule has 0 radical (unpaired) electrons. The smallest absolute Gasteiger partial charge is 0.131 e. The Morgan fingerprint density at radius 2 is 1.24 bits per heavy atom. The normalized spacial score (nSPS) is 13.8. The summed E-state index contributed by atoms with van der Waals surface area (Å²) in [5, 5.41) is 6.38. The Morgan fingerprint density at radius 1 is 0.481 bits per heavy atom. The zero-order chi connectivity index (χ0) is 35.7. The van der Waals surface area contributed by atoms with Crippen molar-refractivity contribution in [1.29, 1.82) is 0 Å². The highest BCUT2D eigenvalue weighted by Gasteiger charge is 2.38. The van der Waals surface area contributed by atoms with Gasteiger partial charge in [0.1, 0.15) is 5.65 Å². The molecule has 1 aliphatic heterocycles. The highest BCUT2D eigenvalue weighted by atomic mass is 32.2. The molecule has 254 valence electrons. The summed E-state index contributed by atoms with van der Waals surface area (Å²) in [7, 11) is 0. The summed E-state index contributed by atoms with van der Waals surface area (Å²) in [4.78, 5) is 2.56. The minimum Gasteiger partial charge on any atom is -0.295 e. The van der Waals surface area contributed by atoms with Crippen LogP contribution in [0.4, 0.5) is 0 Å². The van der Waals surface area contributed by atoms with Crippen LogP contribution in [0.1, 0.15) is 25.0 Å². The molecule has 0 saturated heterocycles. The molecule has 0 saturated carbocycles. The van der Waals surface area contributed by atoms with Gasteiger partial charge in [0.05, 0.1) is 16.7 Å². The lowest BCUT2D eigenvalue weighted by Crippen LogP contribution is -2.16. The molecule has 10 aromatic rings. The molecule has 0 atom stereocenters. The van der Waals surface area contributed by atoms with E-state index in [1.807, 2.05) is 11.8 Å². The van der Waals surface area contributed by atoms with Gasteiger partial charge in [-0.1, -0.05) is 147 Å². The lowest BCUT2D eigenvalue weighted by molar-refractivity contribution is 0.662. The summed E-state index contributed by atoms with van der Waals surface area (Å²) in [6.45, 7) is 4.76. The van der Waals surface area contributed by atoms with E-state index in [9.17, 15) is 0 Å². The third kappa shape index (κ3) is 4.02. The first-order chi connectivity index (χ1) is 26.5. The van der Waals surface area contributed by atoms with Crippen molar-refractivity contribution in [2.45, 2.75) is 29.1 Å². The summed E-state index contributed by atoms with van der Waals surface area (Å²) in [6.07, 6.45) is 0. The van der Waals surface area contributed by atoms with Crippen molar-refractivity contribution in [1.82, 2.24) is 9.13 Å². The van der Waals surface area contributed by atoms with Gasteiger partial charge < -0.3 is 0 Å². The van der Waals surface area contributed by atoms with E-state index in [-0.39, 0.29) is 5.41 Å². The minimum atomic E-state index is -0.0975. The van der Waals surface area contributed by atoms with Gasteiger partial charge in [-0.15, -0.1) is 0 Å². The molecule has 0 N–H and O–H groups in total. The molecular weight excluding hydrogens is 673 g/mol. The second-order valence-electron chi connectivity index (χ2n) is 15.3. The number of hydrogen-bond acceptors (Lipinski definition) is 1. The predicted octanol–water partition coefficient (Wildman–Crippen LogP) is 14.0. The number of nitrogens with zero attached hydrogens (tertiary/aromatic N) is 2. The first-order valence-electron chi connectivity index (χ1n) is 18.8. The maximum Gasteiger partial charge on any atom is 0.131 e. The van der Waals surface area contributed by atoms with Gasteiger partial charge in [-0.25, -0.2) is 0 Å². The van der Waals surface area contributed by atoms with E-state index in [1.54, 1.807) is 0 Å². The van der Waals surface area contributed by atoms with Gasteiger partial charge in [0.15, 0.2) is 0 Å².